The third kappa shape index (κ3) is 4.07. The molecule has 0 spiro atoms. The van der Waals surface area contributed by atoms with E-state index in [-0.39, 0.29) is 35.8 Å². The Hall–Kier alpha value is -3.65. The van der Waals surface area contributed by atoms with Crippen LogP contribution in [0.25, 0.3) is 10.9 Å². The number of hydrogen-bond acceptors (Lipinski definition) is 4. The van der Waals surface area contributed by atoms with Crippen molar-refractivity contribution in [3.05, 3.63) is 70.9 Å². The number of ether oxygens (including phenoxy) is 1. The van der Waals surface area contributed by atoms with Crippen LogP contribution in [-0.4, -0.2) is 58.9 Å². The number of aromatic nitrogens is 1. The normalized spacial score (nSPS) is 23.5. The fourth-order valence-corrected chi connectivity index (χ4v) is 6.22. The van der Waals surface area contributed by atoms with E-state index >= 15 is 0 Å². The first kappa shape index (κ1) is 24.7. The summed E-state index contributed by atoms with van der Waals surface area (Å²) in [4.78, 5) is 46.1. The van der Waals surface area contributed by atoms with Gasteiger partial charge in [0.1, 0.15) is 12.1 Å². The van der Waals surface area contributed by atoms with Gasteiger partial charge in [0, 0.05) is 41.7 Å². The first-order valence-electron chi connectivity index (χ1n) is 13.7. The second kappa shape index (κ2) is 9.91. The summed E-state index contributed by atoms with van der Waals surface area (Å²) in [6.07, 6.45) is 3.05. The molecule has 0 aliphatic carbocycles. The molecule has 1 fully saturated rings. The van der Waals surface area contributed by atoms with Crippen LogP contribution in [0.5, 0.6) is 0 Å². The Labute approximate surface area is 222 Å². The number of rotatable bonds is 7. The van der Waals surface area contributed by atoms with E-state index in [0.717, 1.165) is 53.6 Å². The molecule has 0 saturated carbocycles. The second-order valence-electron chi connectivity index (χ2n) is 10.7. The Morgan fingerprint density at radius 3 is 2.74 bits per heavy atom. The summed E-state index contributed by atoms with van der Waals surface area (Å²) in [6, 6.07) is 13.8. The van der Waals surface area contributed by atoms with Crippen molar-refractivity contribution in [2.45, 2.75) is 63.8 Å². The van der Waals surface area contributed by atoms with Gasteiger partial charge in [0.2, 0.25) is 11.8 Å². The predicted molar refractivity (Wildman–Crippen MR) is 144 cm³/mol. The molecule has 198 valence electrons. The number of carbonyl (C=O) groups is 3. The zero-order chi connectivity index (χ0) is 26.4. The fourth-order valence-electron chi connectivity index (χ4n) is 6.22. The van der Waals surface area contributed by atoms with Crippen LogP contribution in [0.15, 0.2) is 48.5 Å². The topological polar surface area (TPSA) is 104 Å². The van der Waals surface area contributed by atoms with Gasteiger partial charge < -0.3 is 25.3 Å². The molecule has 3 amide bonds. The van der Waals surface area contributed by atoms with Crippen molar-refractivity contribution in [3.63, 3.8) is 0 Å². The molecule has 3 N–H and O–H groups in total. The van der Waals surface area contributed by atoms with Gasteiger partial charge in [-0.1, -0.05) is 56.7 Å². The Kier molecular flexibility index (Phi) is 6.43. The molecule has 1 aromatic heterocycles. The number of amides is 3. The van der Waals surface area contributed by atoms with Crippen LogP contribution >= 0.6 is 0 Å². The van der Waals surface area contributed by atoms with E-state index in [0.29, 0.717) is 18.5 Å². The lowest BCUT2D eigenvalue weighted by Gasteiger charge is -2.38. The molecule has 8 heteroatoms. The van der Waals surface area contributed by atoms with E-state index in [4.69, 9.17) is 4.74 Å². The fraction of sp³-hybridized carbons (Fsp3) is 0.433. The maximum atomic E-state index is 14.0. The Morgan fingerprint density at radius 2 is 1.95 bits per heavy atom. The zero-order valence-corrected chi connectivity index (χ0v) is 21.8. The van der Waals surface area contributed by atoms with Crippen LogP contribution in [0.2, 0.25) is 0 Å². The molecule has 0 radical (unpaired) electrons. The van der Waals surface area contributed by atoms with Crippen molar-refractivity contribution in [1.29, 1.82) is 0 Å². The molecule has 3 aromatic rings. The average Bonchev–Trinajstić information content (AvgIpc) is 3.66. The van der Waals surface area contributed by atoms with E-state index in [9.17, 15) is 14.4 Å². The van der Waals surface area contributed by atoms with Gasteiger partial charge >= 0.3 is 0 Å². The van der Waals surface area contributed by atoms with E-state index < -0.39 is 12.1 Å². The average molecular weight is 515 g/mol. The highest BCUT2D eigenvalue weighted by Gasteiger charge is 2.49. The van der Waals surface area contributed by atoms with Gasteiger partial charge in [-0.3, -0.25) is 14.4 Å². The van der Waals surface area contributed by atoms with E-state index in [2.05, 4.69) is 21.7 Å². The van der Waals surface area contributed by atoms with Gasteiger partial charge in [0.05, 0.1) is 12.1 Å². The summed E-state index contributed by atoms with van der Waals surface area (Å²) in [5.41, 5.74) is 4.52. The smallest absolute Gasteiger partial charge is 0.255 e. The maximum Gasteiger partial charge on any atom is 0.255 e. The van der Waals surface area contributed by atoms with Crippen molar-refractivity contribution in [3.8, 4) is 0 Å². The quantitative estimate of drug-likeness (QED) is 0.449. The number of para-hydroxylation sites is 1. The third-order valence-corrected chi connectivity index (χ3v) is 8.48. The van der Waals surface area contributed by atoms with Gasteiger partial charge in [0.15, 0.2) is 0 Å². The number of hydrogen-bond donors (Lipinski definition) is 3. The third-order valence-electron chi connectivity index (χ3n) is 8.48. The molecule has 1 saturated heterocycles. The van der Waals surface area contributed by atoms with Crippen LogP contribution in [0.3, 0.4) is 0 Å². The first-order valence-corrected chi connectivity index (χ1v) is 13.7. The second-order valence-corrected chi connectivity index (χ2v) is 10.7. The van der Waals surface area contributed by atoms with Crippen molar-refractivity contribution in [1.82, 2.24) is 20.5 Å². The van der Waals surface area contributed by atoms with Crippen LogP contribution in [0, 0.1) is 5.92 Å². The highest BCUT2D eigenvalue weighted by molar-refractivity contribution is 6.04. The van der Waals surface area contributed by atoms with Crippen molar-refractivity contribution in [2.24, 2.45) is 5.92 Å². The van der Waals surface area contributed by atoms with Crippen LogP contribution in [0.4, 0.5) is 0 Å². The molecule has 3 aliphatic rings. The largest absolute Gasteiger partial charge is 0.376 e. The lowest BCUT2D eigenvalue weighted by Crippen LogP contribution is -2.58. The summed E-state index contributed by atoms with van der Waals surface area (Å²) in [6.45, 7) is 5.13. The molecular weight excluding hydrogens is 480 g/mol. The van der Waals surface area contributed by atoms with Gasteiger partial charge in [-0.05, 0) is 42.0 Å². The number of H-pyrrole nitrogens is 1. The van der Waals surface area contributed by atoms with E-state index in [1.165, 1.54) is 0 Å². The molecule has 2 aromatic carbocycles. The Balaban J connectivity index is 1.32. The number of carbonyl (C=O) groups excluding carboxylic acids is 3. The molecule has 8 nitrogen and oxygen atoms in total. The SMILES string of the molecule is CC[C@@H](C)[C@H](NC(=O)[C@@H]1Cc2c([nH]c3ccccc23)[C@@H]2c3ccccc3C(=O)N21)C(=O)NC[C@@H]1CCCO1. The predicted octanol–water partition coefficient (Wildman–Crippen LogP) is 3.46. The summed E-state index contributed by atoms with van der Waals surface area (Å²) in [5.74, 6) is -0.736. The molecular formula is C30H34N4O4. The highest BCUT2D eigenvalue weighted by Crippen LogP contribution is 2.46. The zero-order valence-electron chi connectivity index (χ0n) is 21.8. The van der Waals surface area contributed by atoms with Crippen LogP contribution < -0.4 is 10.6 Å². The van der Waals surface area contributed by atoms with Gasteiger partial charge in [-0.2, -0.15) is 0 Å². The Morgan fingerprint density at radius 1 is 1.16 bits per heavy atom. The van der Waals surface area contributed by atoms with Crippen molar-refractivity contribution >= 4 is 28.6 Å². The van der Waals surface area contributed by atoms with Crippen LogP contribution in [0.1, 0.15) is 66.3 Å². The maximum absolute atomic E-state index is 14.0. The lowest BCUT2D eigenvalue weighted by atomic mass is 9.89. The number of nitrogens with zero attached hydrogens (tertiary/aromatic N) is 1. The highest BCUT2D eigenvalue weighted by atomic mass is 16.5. The number of benzene rings is 2. The van der Waals surface area contributed by atoms with E-state index in [1.807, 2.05) is 56.3 Å². The minimum Gasteiger partial charge on any atom is -0.376 e. The molecule has 6 rings (SSSR count). The summed E-state index contributed by atoms with van der Waals surface area (Å²) >= 11 is 0. The lowest BCUT2D eigenvalue weighted by molar-refractivity contribution is -0.133. The molecule has 0 unspecified atom stereocenters. The first-order chi connectivity index (χ1) is 18.5. The standard InChI is InChI=1S/C30H34N4O4/c1-3-17(2)25(29(36)31-16-18-9-8-14-38-18)33-28(35)24-15-22-19-10-6-7-13-23(19)32-26(22)27-20-11-4-5-12-21(20)30(37)34(24)27/h4-7,10-13,17-18,24-25,27,32H,3,8-9,14-16H2,1-2H3,(H,31,36)(H,33,35)/t17-,18+,24+,25+,27+/m1/s1. The number of nitrogens with one attached hydrogen (secondary N) is 3. The minimum absolute atomic E-state index is 0.0207. The minimum atomic E-state index is -0.732. The number of aromatic amines is 1. The Bertz CT molecular complexity index is 1390. The van der Waals surface area contributed by atoms with E-state index in [1.54, 1.807) is 4.90 Å². The van der Waals surface area contributed by atoms with Crippen molar-refractivity contribution in [2.75, 3.05) is 13.2 Å². The molecule has 3 aliphatic heterocycles. The molecule has 5 atom stereocenters. The van der Waals surface area contributed by atoms with Gasteiger partial charge in [-0.15, -0.1) is 0 Å². The van der Waals surface area contributed by atoms with Crippen LogP contribution in [-0.2, 0) is 20.7 Å². The monoisotopic (exact) mass is 514 g/mol. The van der Waals surface area contributed by atoms with Gasteiger partial charge in [0.25, 0.3) is 5.91 Å². The molecule has 38 heavy (non-hydrogen) atoms. The summed E-state index contributed by atoms with van der Waals surface area (Å²) < 4.78 is 5.65. The number of fused-ring (bicyclic) bond motifs is 7. The summed E-state index contributed by atoms with van der Waals surface area (Å²) in [5, 5.41) is 7.10. The molecule has 0 bridgehead atoms. The molecule has 4 heterocycles. The van der Waals surface area contributed by atoms with Crippen molar-refractivity contribution < 1.29 is 19.1 Å². The summed E-state index contributed by atoms with van der Waals surface area (Å²) in [7, 11) is 0. The van der Waals surface area contributed by atoms with Gasteiger partial charge in [-0.25, -0.2) is 0 Å².